The van der Waals surface area contributed by atoms with Crippen molar-refractivity contribution in [2.75, 3.05) is 6.61 Å². The maximum Gasteiger partial charge on any atom is 0.433 e. The number of alkyl halides is 2. The minimum atomic E-state index is -3.89. The Morgan fingerprint density at radius 3 is 2.11 bits per heavy atom. The molecule has 0 spiro atoms. The fraction of sp³-hybridized carbons (Fsp3) is 0.379. The summed E-state index contributed by atoms with van der Waals surface area (Å²) in [5.74, 6) is -2.86. The summed E-state index contributed by atoms with van der Waals surface area (Å²) in [5, 5.41) is 0. The molecule has 36 heavy (non-hydrogen) atoms. The van der Waals surface area contributed by atoms with Crippen molar-refractivity contribution in [2.24, 2.45) is 5.92 Å². The van der Waals surface area contributed by atoms with Gasteiger partial charge in [-0.2, -0.15) is 8.78 Å². The number of benzene rings is 3. The molecule has 0 unspecified atom stereocenters. The lowest BCUT2D eigenvalue weighted by molar-refractivity contribution is -0.195. The van der Waals surface area contributed by atoms with Crippen LogP contribution in [0.4, 0.5) is 22.0 Å². The van der Waals surface area contributed by atoms with Crippen LogP contribution >= 0.6 is 0 Å². The van der Waals surface area contributed by atoms with Crippen LogP contribution in [-0.2, 0) is 0 Å². The van der Waals surface area contributed by atoms with Crippen molar-refractivity contribution >= 4 is 0 Å². The predicted molar refractivity (Wildman–Crippen MR) is 129 cm³/mol. The Bertz CT molecular complexity index is 1150. The van der Waals surface area contributed by atoms with E-state index in [2.05, 4.69) is 23.8 Å². The molecule has 0 bridgehead atoms. The van der Waals surface area contributed by atoms with Crippen LogP contribution in [-0.4, -0.2) is 12.7 Å². The topological polar surface area (TPSA) is 18.5 Å². The normalized spacial score (nSPS) is 18.2. The first-order valence-corrected chi connectivity index (χ1v) is 12.3. The molecule has 1 aliphatic carbocycles. The van der Waals surface area contributed by atoms with E-state index in [1.54, 1.807) is 6.07 Å². The fourth-order valence-electron chi connectivity index (χ4n) is 4.84. The molecule has 3 aromatic rings. The molecule has 7 heteroatoms. The number of rotatable bonds is 9. The number of ether oxygens (including phenoxy) is 2. The van der Waals surface area contributed by atoms with Gasteiger partial charge in [0.05, 0.1) is 0 Å². The van der Waals surface area contributed by atoms with Gasteiger partial charge >= 0.3 is 6.11 Å². The van der Waals surface area contributed by atoms with Gasteiger partial charge in [0.1, 0.15) is 5.75 Å². The molecule has 0 atom stereocenters. The van der Waals surface area contributed by atoms with Crippen molar-refractivity contribution in [3.05, 3.63) is 83.7 Å². The van der Waals surface area contributed by atoms with Crippen LogP contribution in [0, 0.1) is 23.4 Å². The summed E-state index contributed by atoms with van der Waals surface area (Å²) >= 11 is 0. The van der Waals surface area contributed by atoms with Gasteiger partial charge in [0, 0.05) is 6.07 Å². The molecule has 0 aliphatic heterocycles. The number of halogens is 5. The Balaban J connectivity index is 1.35. The lowest BCUT2D eigenvalue weighted by Gasteiger charge is -2.28. The van der Waals surface area contributed by atoms with E-state index in [4.69, 9.17) is 4.74 Å². The fourth-order valence-corrected chi connectivity index (χ4v) is 4.84. The third kappa shape index (κ3) is 6.56. The highest BCUT2D eigenvalue weighted by atomic mass is 19.3. The highest BCUT2D eigenvalue weighted by Crippen LogP contribution is 2.38. The van der Waals surface area contributed by atoms with Gasteiger partial charge in [0.2, 0.25) is 0 Å². The van der Waals surface area contributed by atoms with E-state index in [0.717, 1.165) is 17.5 Å². The highest BCUT2D eigenvalue weighted by Gasteiger charge is 2.34. The summed E-state index contributed by atoms with van der Waals surface area (Å²) in [5.41, 5.74) is 2.70. The molecular formula is C29H29F5O2. The van der Waals surface area contributed by atoms with E-state index in [0.29, 0.717) is 23.6 Å². The number of hydrogen-bond donors (Lipinski definition) is 0. The molecule has 0 radical (unpaired) electrons. The third-order valence-corrected chi connectivity index (χ3v) is 6.74. The molecule has 0 aromatic heterocycles. The Morgan fingerprint density at radius 2 is 1.47 bits per heavy atom. The standard InChI is InChI=1S/C29H29F5O2/c1-2-3-19-4-6-20(7-5-19)21-8-10-22(11-9-21)23-12-15-28(27(32)16-23)35-18-29(33,34)36-24-13-14-25(30)26(31)17-24/h8-17,19-20H,2-7,18H2,1H3. The molecular weight excluding hydrogens is 475 g/mol. The molecule has 3 aromatic carbocycles. The zero-order valence-electron chi connectivity index (χ0n) is 20.1. The van der Waals surface area contributed by atoms with Crippen LogP contribution in [0.25, 0.3) is 11.1 Å². The molecule has 0 amide bonds. The van der Waals surface area contributed by atoms with Crippen LogP contribution in [0.2, 0.25) is 0 Å². The summed E-state index contributed by atoms with van der Waals surface area (Å²) in [7, 11) is 0. The first-order chi connectivity index (χ1) is 17.2. The Hall–Kier alpha value is -3.09. The second-order valence-corrected chi connectivity index (χ2v) is 9.38. The molecule has 2 nitrogen and oxygen atoms in total. The van der Waals surface area contributed by atoms with Gasteiger partial charge in [0.25, 0.3) is 0 Å². The van der Waals surface area contributed by atoms with Crippen molar-refractivity contribution < 1.29 is 31.4 Å². The van der Waals surface area contributed by atoms with E-state index < -0.39 is 35.9 Å². The average Bonchev–Trinajstić information content (AvgIpc) is 2.86. The summed E-state index contributed by atoms with van der Waals surface area (Å²) in [6.45, 7) is 0.924. The second-order valence-electron chi connectivity index (χ2n) is 9.38. The molecule has 1 saturated carbocycles. The van der Waals surface area contributed by atoms with Crippen LogP contribution in [0.1, 0.15) is 56.9 Å². The zero-order chi connectivity index (χ0) is 25.7. The van der Waals surface area contributed by atoms with E-state index in [-0.39, 0.29) is 5.75 Å². The van der Waals surface area contributed by atoms with Crippen molar-refractivity contribution in [2.45, 2.75) is 57.5 Å². The van der Waals surface area contributed by atoms with Gasteiger partial charge in [-0.3, -0.25) is 0 Å². The van der Waals surface area contributed by atoms with Gasteiger partial charge in [-0.1, -0.05) is 50.1 Å². The highest BCUT2D eigenvalue weighted by molar-refractivity contribution is 5.64. The molecule has 0 heterocycles. The average molecular weight is 505 g/mol. The first kappa shape index (κ1) is 26.0. The molecule has 4 rings (SSSR count). The Morgan fingerprint density at radius 1 is 0.778 bits per heavy atom. The zero-order valence-corrected chi connectivity index (χ0v) is 20.1. The van der Waals surface area contributed by atoms with E-state index in [9.17, 15) is 22.0 Å². The van der Waals surface area contributed by atoms with Crippen molar-refractivity contribution in [1.82, 2.24) is 0 Å². The molecule has 0 saturated heterocycles. The van der Waals surface area contributed by atoms with Gasteiger partial charge in [0.15, 0.2) is 29.8 Å². The number of hydrogen-bond acceptors (Lipinski definition) is 2. The second kappa shape index (κ2) is 11.3. The van der Waals surface area contributed by atoms with Crippen molar-refractivity contribution in [3.8, 4) is 22.6 Å². The lowest BCUT2D eigenvalue weighted by Crippen LogP contribution is -2.32. The summed E-state index contributed by atoms with van der Waals surface area (Å²) < 4.78 is 78.2. The van der Waals surface area contributed by atoms with E-state index in [1.165, 1.54) is 56.2 Å². The lowest BCUT2D eigenvalue weighted by atomic mass is 9.77. The van der Waals surface area contributed by atoms with E-state index in [1.807, 2.05) is 12.1 Å². The quantitative estimate of drug-likeness (QED) is 0.271. The van der Waals surface area contributed by atoms with Crippen LogP contribution in [0.5, 0.6) is 11.5 Å². The van der Waals surface area contributed by atoms with Gasteiger partial charge in [-0.15, -0.1) is 0 Å². The molecule has 192 valence electrons. The third-order valence-electron chi connectivity index (χ3n) is 6.74. The largest absolute Gasteiger partial charge is 0.480 e. The maximum atomic E-state index is 14.6. The van der Waals surface area contributed by atoms with Crippen LogP contribution < -0.4 is 9.47 Å². The van der Waals surface area contributed by atoms with E-state index >= 15 is 0 Å². The summed E-state index contributed by atoms with van der Waals surface area (Å²) in [6, 6.07) is 14.2. The van der Waals surface area contributed by atoms with Crippen LogP contribution in [0.15, 0.2) is 60.7 Å². The summed E-state index contributed by atoms with van der Waals surface area (Å²) in [4.78, 5) is 0. The van der Waals surface area contributed by atoms with Gasteiger partial charge in [-0.25, -0.2) is 13.2 Å². The SMILES string of the molecule is CCCC1CCC(c2ccc(-c3ccc(OCC(F)(F)Oc4ccc(F)c(F)c4)c(F)c3)cc2)CC1. The minimum absolute atomic E-state index is 0.368. The summed E-state index contributed by atoms with van der Waals surface area (Å²) in [6.07, 6.45) is 3.55. The monoisotopic (exact) mass is 504 g/mol. The molecule has 1 aliphatic rings. The van der Waals surface area contributed by atoms with Gasteiger partial charge < -0.3 is 9.47 Å². The molecule has 1 fully saturated rings. The first-order valence-electron chi connectivity index (χ1n) is 12.3. The Labute approximate surface area is 208 Å². The molecule has 0 N–H and O–H groups in total. The maximum absolute atomic E-state index is 14.6. The van der Waals surface area contributed by atoms with Crippen LogP contribution in [0.3, 0.4) is 0 Å². The van der Waals surface area contributed by atoms with Crippen molar-refractivity contribution in [3.63, 3.8) is 0 Å². The minimum Gasteiger partial charge on any atom is -0.480 e. The predicted octanol–water partition coefficient (Wildman–Crippen LogP) is 8.90. The van der Waals surface area contributed by atoms with Gasteiger partial charge in [-0.05, 0) is 78.5 Å². The Kier molecular flexibility index (Phi) is 8.17. The smallest absolute Gasteiger partial charge is 0.433 e. The van der Waals surface area contributed by atoms with Crippen molar-refractivity contribution in [1.29, 1.82) is 0 Å².